The van der Waals surface area contributed by atoms with E-state index in [1.54, 1.807) is 0 Å². The molecule has 0 aromatic carbocycles. The molecule has 2 fully saturated rings. The van der Waals surface area contributed by atoms with Crippen LogP contribution in [0.5, 0.6) is 0 Å². The molecule has 1 atom stereocenters. The molecule has 1 unspecified atom stereocenters. The quantitative estimate of drug-likeness (QED) is 0.295. The zero-order chi connectivity index (χ0) is 11.4. The van der Waals surface area contributed by atoms with Gasteiger partial charge in [-0.1, -0.05) is 5.16 Å². The maximum absolute atomic E-state index is 8.58. The van der Waals surface area contributed by atoms with Crippen molar-refractivity contribution in [3.05, 3.63) is 0 Å². The van der Waals surface area contributed by atoms with E-state index in [9.17, 15) is 0 Å². The standard InChI is InChI=1S/C11H21N3OS/c12-10(14-15)6-11(3-4-11)8-13-9-2-1-5-16-7-9/h9,13,15H,1-8H2,(H2,12,14). The molecule has 1 aliphatic carbocycles. The van der Waals surface area contributed by atoms with Crippen LogP contribution in [0.15, 0.2) is 5.16 Å². The normalized spacial score (nSPS) is 29.0. The van der Waals surface area contributed by atoms with Crippen molar-refractivity contribution in [3.63, 3.8) is 0 Å². The van der Waals surface area contributed by atoms with Gasteiger partial charge in [0, 0.05) is 24.8 Å². The average Bonchev–Trinajstić information content (AvgIpc) is 3.08. The molecule has 0 bridgehead atoms. The molecule has 4 N–H and O–H groups in total. The van der Waals surface area contributed by atoms with E-state index >= 15 is 0 Å². The number of nitrogens with one attached hydrogen (secondary N) is 1. The summed E-state index contributed by atoms with van der Waals surface area (Å²) in [5, 5.41) is 15.3. The van der Waals surface area contributed by atoms with Crippen molar-refractivity contribution in [3.8, 4) is 0 Å². The van der Waals surface area contributed by atoms with Crippen LogP contribution < -0.4 is 11.1 Å². The summed E-state index contributed by atoms with van der Waals surface area (Å²) in [6.45, 7) is 1.02. The second kappa shape index (κ2) is 5.27. The third kappa shape index (κ3) is 3.28. The number of oxime groups is 1. The number of hydrogen-bond acceptors (Lipinski definition) is 4. The average molecular weight is 243 g/mol. The Balaban J connectivity index is 1.72. The fourth-order valence-electron chi connectivity index (χ4n) is 2.27. The fraction of sp³-hybridized carbons (Fsp3) is 0.909. The van der Waals surface area contributed by atoms with Gasteiger partial charge < -0.3 is 16.3 Å². The molecule has 2 rings (SSSR count). The highest BCUT2D eigenvalue weighted by Crippen LogP contribution is 2.48. The van der Waals surface area contributed by atoms with Crippen molar-refractivity contribution in [2.24, 2.45) is 16.3 Å². The van der Waals surface area contributed by atoms with Crippen molar-refractivity contribution in [1.82, 2.24) is 5.32 Å². The van der Waals surface area contributed by atoms with Crippen molar-refractivity contribution in [2.45, 2.75) is 38.1 Å². The molecule has 0 amide bonds. The molecule has 92 valence electrons. The van der Waals surface area contributed by atoms with Gasteiger partial charge in [-0.25, -0.2) is 0 Å². The Hall–Kier alpha value is -0.420. The van der Waals surface area contributed by atoms with Gasteiger partial charge in [0.05, 0.1) is 0 Å². The topological polar surface area (TPSA) is 70.6 Å². The van der Waals surface area contributed by atoms with Crippen LogP contribution in [0.25, 0.3) is 0 Å². The van der Waals surface area contributed by atoms with Crippen molar-refractivity contribution in [2.75, 3.05) is 18.1 Å². The van der Waals surface area contributed by atoms with E-state index < -0.39 is 0 Å². The van der Waals surface area contributed by atoms with E-state index in [2.05, 4.69) is 10.5 Å². The van der Waals surface area contributed by atoms with Gasteiger partial charge in [0.25, 0.3) is 0 Å². The minimum absolute atomic E-state index is 0.290. The number of rotatable bonds is 5. The molecular weight excluding hydrogens is 222 g/mol. The summed E-state index contributed by atoms with van der Waals surface area (Å²) in [4.78, 5) is 0. The molecule has 0 aromatic heterocycles. The minimum atomic E-state index is 0.290. The Kier molecular flexibility index (Phi) is 3.97. The second-order valence-electron chi connectivity index (χ2n) is 5.06. The number of hydrogen-bond donors (Lipinski definition) is 3. The summed E-state index contributed by atoms with van der Waals surface area (Å²) in [5.41, 5.74) is 5.87. The number of nitrogens with zero attached hydrogens (tertiary/aromatic N) is 1. The summed E-state index contributed by atoms with van der Waals surface area (Å²) < 4.78 is 0. The first kappa shape index (κ1) is 12.0. The first-order valence-corrected chi connectivity index (χ1v) is 7.17. The Morgan fingerprint density at radius 1 is 1.56 bits per heavy atom. The van der Waals surface area contributed by atoms with E-state index in [1.807, 2.05) is 11.8 Å². The van der Waals surface area contributed by atoms with Crippen LogP contribution in [0.2, 0.25) is 0 Å². The van der Waals surface area contributed by atoms with Crippen LogP contribution in [0.4, 0.5) is 0 Å². The second-order valence-corrected chi connectivity index (χ2v) is 6.21. The van der Waals surface area contributed by atoms with Gasteiger partial charge in [-0.15, -0.1) is 0 Å². The Labute approximate surface area is 101 Å². The van der Waals surface area contributed by atoms with Gasteiger partial charge in [-0.05, 0) is 36.9 Å². The van der Waals surface area contributed by atoms with Gasteiger partial charge in [0.2, 0.25) is 0 Å². The molecule has 5 heteroatoms. The molecular formula is C11H21N3OS. The third-order valence-corrected chi connectivity index (χ3v) is 4.78. The Bertz CT molecular complexity index is 260. The third-order valence-electron chi connectivity index (χ3n) is 3.57. The van der Waals surface area contributed by atoms with Crippen molar-refractivity contribution < 1.29 is 5.21 Å². The lowest BCUT2D eigenvalue weighted by Crippen LogP contribution is -2.38. The molecule has 0 spiro atoms. The minimum Gasteiger partial charge on any atom is -0.409 e. The smallest absolute Gasteiger partial charge is 0.139 e. The molecule has 1 saturated heterocycles. The highest BCUT2D eigenvalue weighted by Gasteiger charge is 2.43. The zero-order valence-corrected chi connectivity index (χ0v) is 10.4. The molecule has 2 aliphatic rings. The molecule has 16 heavy (non-hydrogen) atoms. The molecule has 0 aromatic rings. The van der Waals surface area contributed by atoms with Gasteiger partial charge in [0.1, 0.15) is 5.84 Å². The van der Waals surface area contributed by atoms with Crippen LogP contribution in [0.3, 0.4) is 0 Å². The maximum Gasteiger partial charge on any atom is 0.139 e. The molecule has 1 heterocycles. The van der Waals surface area contributed by atoms with E-state index in [-0.39, 0.29) is 0 Å². The van der Waals surface area contributed by atoms with Crippen molar-refractivity contribution in [1.29, 1.82) is 0 Å². The number of amidine groups is 1. The van der Waals surface area contributed by atoms with Crippen LogP contribution in [0.1, 0.15) is 32.1 Å². The summed E-state index contributed by atoms with van der Waals surface area (Å²) in [7, 11) is 0. The summed E-state index contributed by atoms with van der Waals surface area (Å²) in [6.07, 6.45) is 5.77. The molecule has 0 radical (unpaired) electrons. The van der Waals surface area contributed by atoms with Crippen LogP contribution in [0, 0.1) is 5.41 Å². The molecule has 1 saturated carbocycles. The summed E-state index contributed by atoms with van der Waals surface area (Å²) in [5.74, 6) is 2.92. The van der Waals surface area contributed by atoms with Crippen LogP contribution in [-0.2, 0) is 0 Å². The zero-order valence-electron chi connectivity index (χ0n) is 9.61. The Morgan fingerprint density at radius 3 is 2.94 bits per heavy atom. The monoisotopic (exact) mass is 243 g/mol. The largest absolute Gasteiger partial charge is 0.409 e. The number of nitrogens with two attached hydrogens (primary N) is 1. The van der Waals surface area contributed by atoms with E-state index in [4.69, 9.17) is 10.9 Å². The first-order valence-electron chi connectivity index (χ1n) is 6.02. The molecule has 1 aliphatic heterocycles. The molecule has 4 nitrogen and oxygen atoms in total. The van der Waals surface area contributed by atoms with Crippen LogP contribution in [-0.4, -0.2) is 35.1 Å². The Morgan fingerprint density at radius 2 is 2.38 bits per heavy atom. The fourth-order valence-corrected chi connectivity index (χ4v) is 3.38. The van der Waals surface area contributed by atoms with E-state index in [0.29, 0.717) is 17.3 Å². The summed E-state index contributed by atoms with van der Waals surface area (Å²) >= 11 is 2.04. The van der Waals surface area contributed by atoms with E-state index in [0.717, 1.165) is 13.0 Å². The highest BCUT2D eigenvalue weighted by atomic mass is 32.2. The first-order chi connectivity index (χ1) is 7.74. The van der Waals surface area contributed by atoms with Gasteiger partial charge in [-0.2, -0.15) is 11.8 Å². The van der Waals surface area contributed by atoms with Gasteiger partial charge >= 0.3 is 0 Å². The SMILES string of the molecule is NC(CC1(CNC2CCCSC2)CC1)=NO. The predicted octanol–water partition coefficient (Wildman–Crippen LogP) is 1.39. The maximum atomic E-state index is 8.58. The summed E-state index contributed by atoms with van der Waals surface area (Å²) in [6, 6.07) is 0.670. The predicted molar refractivity (Wildman–Crippen MR) is 68.0 cm³/mol. The van der Waals surface area contributed by atoms with Crippen molar-refractivity contribution >= 4 is 17.6 Å². The van der Waals surface area contributed by atoms with Crippen LogP contribution >= 0.6 is 11.8 Å². The van der Waals surface area contributed by atoms with Gasteiger partial charge in [0.15, 0.2) is 0 Å². The lowest BCUT2D eigenvalue weighted by molar-refractivity contribution is 0.313. The lowest BCUT2D eigenvalue weighted by atomic mass is 10.0. The lowest BCUT2D eigenvalue weighted by Gasteiger charge is -2.25. The highest BCUT2D eigenvalue weighted by molar-refractivity contribution is 7.99. The number of thioether (sulfide) groups is 1. The van der Waals surface area contributed by atoms with E-state index in [1.165, 1.54) is 37.2 Å². The van der Waals surface area contributed by atoms with Gasteiger partial charge in [-0.3, -0.25) is 0 Å².